The fourth-order valence-corrected chi connectivity index (χ4v) is 2.03. The van der Waals surface area contributed by atoms with Crippen LogP contribution in [0.3, 0.4) is 0 Å². The third kappa shape index (κ3) is 3.83. The zero-order chi connectivity index (χ0) is 15.2. The Labute approximate surface area is 124 Å². The predicted octanol–water partition coefficient (Wildman–Crippen LogP) is 2.89. The topological polar surface area (TPSA) is 64.3 Å². The molecule has 2 aromatic rings. The minimum Gasteiger partial charge on any atom is -0.490 e. The summed E-state index contributed by atoms with van der Waals surface area (Å²) >= 11 is 0. The molecule has 0 aliphatic rings. The van der Waals surface area contributed by atoms with E-state index in [9.17, 15) is 4.79 Å². The van der Waals surface area contributed by atoms with Gasteiger partial charge in [-0.15, -0.1) is 0 Å². The number of ether oxygens (including phenoxy) is 1. The molecule has 0 aliphatic carbocycles. The summed E-state index contributed by atoms with van der Waals surface area (Å²) in [5.41, 5.74) is 8.76. The van der Waals surface area contributed by atoms with Gasteiger partial charge in [0.2, 0.25) is 0 Å². The Kier molecular flexibility index (Phi) is 4.95. The average molecular weight is 284 g/mol. The highest BCUT2D eigenvalue weighted by Gasteiger charge is 2.12. The second-order valence-electron chi connectivity index (χ2n) is 4.91. The molecular weight excluding hydrogens is 264 g/mol. The van der Waals surface area contributed by atoms with Crippen molar-refractivity contribution in [2.24, 2.45) is 5.73 Å². The van der Waals surface area contributed by atoms with Crippen molar-refractivity contribution < 1.29 is 9.53 Å². The zero-order valence-electron chi connectivity index (χ0n) is 12.3. The second-order valence-corrected chi connectivity index (χ2v) is 4.91. The molecule has 0 aromatic heterocycles. The van der Waals surface area contributed by atoms with Crippen LogP contribution in [0.25, 0.3) is 0 Å². The maximum Gasteiger partial charge on any atom is 0.256 e. The first-order valence-electron chi connectivity index (χ1n) is 6.92. The summed E-state index contributed by atoms with van der Waals surface area (Å²) in [4.78, 5) is 12.4. The maximum atomic E-state index is 12.4. The highest BCUT2D eigenvalue weighted by atomic mass is 16.5. The quantitative estimate of drug-likeness (QED) is 0.887. The molecule has 0 atom stereocenters. The molecule has 21 heavy (non-hydrogen) atoms. The number of amides is 1. The summed E-state index contributed by atoms with van der Waals surface area (Å²) in [7, 11) is 0. The molecule has 2 rings (SSSR count). The summed E-state index contributed by atoms with van der Waals surface area (Å²) in [5.74, 6) is 0.488. The summed E-state index contributed by atoms with van der Waals surface area (Å²) in [6.07, 6.45) is 0. The molecule has 0 aliphatic heterocycles. The molecule has 0 bridgehead atoms. The van der Waals surface area contributed by atoms with Crippen LogP contribution < -0.4 is 15.8 Å². The van der Waals surface area contributed by atoms with Crippen LogP contribution >= 0.6 is 0 Å². The van der Waals surface area contributed by atoms with Gasteiger partial charge in [0.25, 0.3) is 5.91 Å². The second kappa shape index (κ2) is 6.90. The molecule has 0 saturated heterocycles. The third-order valence-corrected chi connectivity index (χ3v) is 3.15. The van der Waals surface area contributed by atoms with E-state index in [4.69, 9.17) is 10.5 Å². The number of benzene rings is 2. The van der Waals surface area contributed by atoms with Gasteiger partial charge in [0.15, 0.2) is 0 Å². The standard InChI is InChI=1S/C17H20N2O2/c1-12-7-8-13(2)14(11-12)17(20)19-15-5-3-4-6-16(15)21-10-9-18/h3-8,11H,9-10,18H2,1-2H3,(H,19,20). The van der Waals surface area contributed by atoms with E-state index >= 15 is 0 Å². The Morgan fingerprint density at radius 1 is 1.19 bits per heavy atom. The van der Waals surface area contributed by atoms with Gasteiger partial charge < -0.3 is 15.8 Å². The van der Waals surface area contributed by atoms with Gasteiger partial charge in [0.1, 0.15) is 12.4 Å². The van der Waals surface area contributed by atoms with Crippen molar-refractivity contribution in [2.45, 2.75) is 13.8 Å². The van der Waals surface area contributed by atoms with E-state index in [0.29, 0.717) is 30.2 Å². The number of carbonyl (C=O) groups is 1. The first kappa shape index (κ1) is 15.1. The summed E-state index contributed by atoms with van der Waals surface area (Å²) in [6.45, 7) is 4.73. The highest BCUT2D eigenvalue weighted by Crippen LogP contribution is 2.24. The van der Waals surface area contributed by atoms with E-state index in [1.165, 1.54) is 0 Å². The molecule has 0 unspecified atom stereocenters. The van der Waals surface area contributed by atoms with Gasteiger partial charge in [-0.3, -0.25) is 4.79 Å². The SMILES string of the molecule is Cc1ccc(C)c(C(=O)Nc2ccccc2OCCN)c1. The van der Waals surface area contributed by atoms with Crippen molar-refractivity contribution in [3.8, 4) is 5.75 Å². The number of hydrogen-bond donors (Lipinski definition) is 2. The van der Waals surface area contributed by atoms with Gasteiger partial charge in [0.05, 0.1) is 5.69 Å². The van der Waals surface area contributed by atoms with E-state index < -0.39 is 0 Å². The molecule has 4 nitrogen and oxygen atoms in total. The van der Waals surface area contributed by atoms with Gasteiger partial charge in [-0.25, -0.2) is 0 Å². The molecule has 0 heterocycles. The number of nitrogens with one attached hydrogen (secondary N) is 1. The van der Waals surface area contributed by atoms with Crippen molar-refractivity contribution in [2.75, 3.05) is 18.5 Å². The van der Waals surface area contributed by atoms with E-state index in [-0.39, 0.29) is 5.91 Å². The molecule has 0 saturated carbocycles. The van der Waals surface area contributed by atoms with Crippen LogP contribution in [-0.2, 0) is 0 Å². The third-order valence-electron chi connectivity index (χ3n) is 3.15. The van der Waals surface area contributed by atoms with E-state index in [1.807, 2.05) is 56.3 Å². The monoisotopic (exact) mass is 284 g/mol. The largest absolute Gasteiger partial charge is 0.490 e. The minimum atomic E-state index is -0.139. The predicted molar refractivity (Wildman–Crippen MR) is 84.9 cm³/mol. The Hall–Kier alpha value is -2.33. The van der Waals surface area contributed by atoms with Crippen molar-refractivity contribution in [3.05, 3.63) is 59.2 Å². The first-order valence-corrected chi connectivity index (χ1v) is 6.92. The van der Waals surface area contributed by atoms with E-state index in [2.05, 4.69) is 5.32 Å². The lowest BCUT2D eigenvalue weighted by atomic mass is 10.0. The van der Waals surface area contributed by atoms with Crippen LogP contribution in [0.4, 0.5) is 5.69 Å². The van der Waals surface area contributed by atoms with Crippen LogP contribution in [-0.4, -0.2) is 19.1 Å². The first-order chi connectivity index (χ1) is 10.1. The molecule has 4 heteroatoms. The lowest BCUT2D eigenvalue weighted by molar-refractivity contribution is 0.102. The molecule has 1 amide bonds. The van der Waals surface area contributed by atoms with Crippen LogP contribution in [0.5, 0.6) is 5.75 Å². The molecule has 0 fully saturated rings. The zero-order valence-corrected chi connectivity index (χ0v) is 12.3. The smallest absolute Gasteiger partial charge is 0.256 e. The Balaban J connectivity index is 2.21. The Bertz CT molecular complexity index is 638. The van der Waals surface area contributed by atoms with Gasteiger partial charge in [-0.05, 0) is 37.6 Å². The summed E-state index contributed by atoms with van der Waals surface area (Å²) < 4.78 is 5.54. The van der Waals surface area contributed by atoms with Gasteiger partial charge >= 0.3 is 0 Å². The van der Waals surface area contributed by atoms with Crippen molar-refractivity contribution >= 4 is 11.6 Å². The fraction of sp³-hybridized carbons (Fsp3) is 0.235. The van der Waals surface area contributed by atoms with Crippen LogP contribution in [0.2, 0.25) is 0 Å². The van der Waals surface area contributed by atoms with Crippen molar-refractivity contribution in [1.82, 2.24) is 0 Å². The van der Waals surface area contributed by atoms with Crippen LogP contribution in [0.1, 0.15) is 21.5 Å². The number of rotatable bonds is 5. The Morgan fingerprint density at radius 2 is 1.95 bits per heavy atom. The van der Waals surface area contributed by atoms with E-state index in [0.717, 1.165) is 11.1 Å². The Morgan fingerprint density at radius 3 is 2.71 bits per heavy atom. The van der Waals surface area contributed by atoms with Crippen LogP contribution in [0.15, 0.2) is 42.5 Å². The molecule has 110 valence electrons. The number of aryl methyl sites for hydroxylation is 2. The van der Waals surface area contributed by atoms with E-state index in [1.54, 1.807) is 0 Å². The molecule has 3 N–H and O–H groups in total. The van der Waals surface area contributed by atoms with Crippen LogP contribution in [0, 0.1) is 13.8 Å². The van der Waals surface area contributed by atoms with Crippen molar-refractivity contribution in [3.63, 3.8) is 0 Å². The lowest BCUT2D eigenvalue weighted by Crippen LogP contribution is -2.16. The lowest BCUT2D eigenvalue weighted by Gasteiger charge is -2.13. The molecular formula is C17H20N2O2. The number of hydrogen-bond acceptors (Lipinski definition) is 3. The molecule has 0 spiro atoms. The number of anilines is 1. The number of carbonyl (C=O) groups excluding carboxylic acids is 1. The highest BCUT2D eigenvalue weighted by molar-refractivity contribution is 6.06. The normalized spacial score (nSPS) is 10.2. The average Bonchev–Trinajstić information content (AvgIpc) is 2.48. The number of para-hydroxylation sites is 2. The summed E-state index contributed by atoms with van der Waals surface area (Å²) in [5, 5.41) is 2.90. The van der Waals surface area contributed by atoms with Gasteiger partial charge in [0, 0.05) is 12.1 Å². The fourth-order valence-electron chi connectivity index (χ4n) is 2.03. The minimum absolute atomic E-state index is 0.139. The maximum absolute atomic E-state index is 12.4. The van der Waals surface area contributed by atoms with Gasteiger partial charge in [-0.1, -0.05) is 29.8 Å². The van der Waals surface area contributed by atoms with Crippen molar-refractivity contribution in [1.29, 1.82) is 0 Å². The molecule has 0 radical (unpaired) electrons. The molecule has 2 aromatic carbocycles. The summed E-state index contributed by atoms with van der Waals surface area (Å²) in [6, 6.07) is 13.2. The van der Waals surface area contributed by atoms with Gasteiger partial charge in [-0.2, -0.15) is 0 Å². The number of nitrogens with two attached hydrogens (primary N) is 1.